The molecule has 0 aliphatic carbocycles. The molecule has 1 amide bonds. The smallest absolute Gasteiger partial charge is 0.306 e. The minimum atomic E-state index is -1.64. The second-order valence-electron chi connectivity index (χ2n) is 21.4. The second kappa shape index (κ2) is 54.9. The average molecular weight is 1110 g/mol. The molecule has 1 aliphatic rings. The number of ether oxygens (including phenoxy) is 3. The van der Waals surface area contributed by atoms with E-state index in [1.807, 2.05) is 18.2 Å². The van der Waals surface area contributed by atoms with Gasteiger partial charge in [0, 0.05) is 6.42 Å². The Bertz CT molecular complexity index is 1700. The van der Waals surface area contributed by atoms with E-state index in [1.165, 1.54) is 89.9 Å². The van der Waals surface area contributed by atoms with Gasteiger partial charge < -0.3 is 45.1 Å². The van der Waals surface area contributed by atoms with Gasteiger partial charge in [-0.2, -0.15) is 0 Å². The first kappa shape index (κ1) is 73.3. The molecule has 11 nitrogen and oxygen atoms in total. The number of aliphatic hydroxyl groups excluding tert-OH is 5. The summed E-state index contributed by atoms with van der Waals surface area (Å²) in [5, 5.41) is 56.9. The molecule has 1 saturated heterocycles. The number of unbranched alkanes of at least 4 members (excludes halogenated alkanes) is 22. The molecule has 1 rings (SSSR count). The van der Waals surface area contributed by atoms with Crippen molar-refractivity contribution in [2.24, 2.45) is 0 Å². The van der Waals surface area contributed by atoms with Crippen molar-refractivity contribution in [1.82, 2.24) is 5.32 Å². The monoisotopic (exact) mass is 1110 g/mol. The summed E-state index contributed by atoms with van der Waals surface area (Å²) in [5.74, 6) is -1.29. The Morgan fingerprint density at radius 2 is 0.911 bits per heavy atom. The van der Waals surface area contributed by atoms with E-state index in [0.717, 1.165) is 109 Å². The van der Waals surface area contributed by atoms with Gasteiger partial charge >= 0.3 is 5.97 Å². The number of amides is 1. The zero-order valence-corrected chi connectivity index (χ0v) is 50.0. The minimum Gasteiger partial charge on any atom is -0.454 e. The maximum Gasteiger partial charge on any atom is 0.306 e. The van der Waals surface area contributed by atoms with Crippen LogP contribution in [-0.4, -0.2) is 99.6 Å². The topological polar surface area (TPSA) is 175 Å². The number of hydrogen-bond donors (Lipinski definition) is 6. The molecule has 1 heterocycles. The largest absolute Gasteiger partial charge is 0.454 e. The summed E-state index contributed by atoms with van der Waals surface area (Å²) in [7, 11) is 0. The van der Waals surface area contributed by atoms with Crippen molar-refractivity contribution in [2.45, 2.75) is 294 Å². The van der Waals surface area contributed by atoms with Crippen LogP contribution < -0.4 is 5.32 Å². The molecular formula is C68H115NO10. The summed E-state index contributed by atoms with van der Waals surface area (Å²) in [5.41, 5.74) is 0. The molecule has 0 spiro atoms. The van der Waals surface area contributed by atoms with Gasteiger partial charge in [-0.3, -0.25) is 9.59 Å². The van der Waals surface area contributed by atoms with Crippen LogP contribution in [0.15, 0.2) is 109 Å². The van der Waals surface area contributed by atoms with E-state index in [-0.39, 0.29) is 19.4 Å². The number of esters is 1. The number of carbonyl (C=O) groups excluding carboxylic acids is 2. The van der Waals surface area contributed by atoms with Crippen LogP contribution in [0.2, 0.25) is 0 Å². The Labute approximate surface area is 481 Å². The van der Waals surface area contributed by atoms with E-state index < -0.39 is 67.4 Å². The molecule has 8 unspecified atom stereocenters. The van der Waals surface area contributed by atoms with Crippen molar-refractivity contribution in [3.8, 4) is 0 Å². The number of hydrogen-bond acceptors (Lipinski definition) is 10. The van der Waals surface area contributed by atoms with Crippen molar-refractivity contribution >= 4 is 11.9 Å². The maximum absolute atomic E-state index is 13.4. The van der Waals surface area contributed by atoms with Crippen LogP contribution in [0.25, 0.3) is 0 Å². The lowest BCUT2D eigenvalue weighted by Crippen LogP contribution is -2.61. The first-order chi connectivity index (χ1) is 38.7. The van der Waals surface area contributed by atoms with Gasteiger partial charge in [-0.15, -0.1) is 0 Å². The highest BCUT2D eigenvalue weighted by molar-refractivity contribution is 5.80. The van der Waals surface area contributed by atoms with Gasteiger partial charge in [-0.25, -0.2) is 0 Å². The van der Waals surface area contributed by atoms with E-state index in [2.05, 4.69) is 111 Å². The Morgan fingerprint density at radius 1 is 0.506 bits per heavy atom. The highest BCUT2D eigenvalue weighted by Gasteiger charge is 2.47. The third-order valence-electron chi connectivity index (χ3n) is 14.2. The van der Waals surface area contributed by atoms with Gasteiger partial charge in [0.25, 0.3) is 0 Å². The molecule has 6 N–H and O–H groups in total. The van der Waals surface area contributed by atoms with Gasteiger partial charge in [-0.1, -0.05) is 252 Å². The fourth-order valence-electron chi connectivity index (χ4n) is 9.18. The number of carbonyl (C=O) groups is 2. The molecule has 0 bridgehead atoms. The van der Waals surface area contributed by atoms with Crippen molar-refractivity contribution in [1.29, 1.82) is 0 Å². The SMILES string of the molecule is CC/C=C\C/C=C\C/C=C\C/C=C\C/C=C\C/C=C\CCCCCCCC(O)C(=O)NC(COC1OC(CO)C(O)C(O)C1OC(=O)CC/C=C/C/C=C\CCCCCCCC)C(O)/C=C/CCCCCCCCCCCCC. The summed E-state index contributed by atoms with van der Waals surface area (Å²) >= 11 is 0. The third kappa shape index (κ3) is 42.8. The lowest BCUT2D eigenvalue weighted by Gasteiger charge is -2.41. The van der Waals surface area contributed by atoms with Gasteiger partial charge in [-0.05, 0) is 96.3 Å². The van der Waals surface area contributed by atoms with E-state index in [0.29, 0.717) is 12.8 Å². The van der Waals surface area contributed by atoms with Crippen LogP contribution in [0.1, 0.15) is 245 Å². The first-order valence-corrected chi connectivity index (χ1v) is 31.7. The molecular weight excluding hydrogens is 991 g/mol. The van der Waals surface area contributed by atoms with Gasteiger partial charge in [0.05, 0.1) is 25.4 Å². The molecule has 1 aliphatic heterocycles. The van der Waals surface area contributed by atoms with Crippen LogP contribution >= 0.6 is 0 Å². The highest BCUT2D eigenvalue weighted by Crippen LogP contribution is 2.26. The Morgan fingerprint density at radius 3 is 1.37 bits per heavy atom. The first-order valence-electron chi connectivity index (χ1n) is 31.7. The molecule has 8 atom stereocenters. The van der Waals surface area contributed by atoms with Crippen LogP contribution in [-0.2, 0) is 23.8 Å². The van der Waals surface area contributed by atoms with Crippen molar-refractivity contribution < 1.29 is 49.3 Å². The molecule has 0 saturated carbocycles. The predicted molar refractivity (Wildman–Crippen MR) is 328 cm³/mol. The molecule has 452 valence electrons. The van der Waals surface area contributed by atoms with Crippen molar-refractivity contribution in [3.05, 3.63) is 109 Å². The Kier molecular flexibility index (Phi) is 50.9. The fourth-order valence-corrected chi connectivity index (χ4v) is 9.18. The second-order valence-corrected chi connectivity index (χ2v) is 21.4. The fraction of sp³-hybridized carbons (Fsp3) is 0.706. The van der Waals surface area contributed by atoms with E-state index in [4.69, 9.17) is 14.2 Å². The summed E-state index contributed by atoms with van der Waals surface area (Å²) < 4.78 is 17.5. The lowest BCUT2D eigenvalue weighted by atomic mass is 9.99. The van der Waals surface area contributed by atoms with Gasteiger partial charge in [0.2, 0.25) is 5.91 Å². The zero-order valence-electron chi connectivity index (χ0n) is 50.0. The van der Waals surface area contributed by atoms with E-state index in [9.17, 15) is 35.1 Å². The Hall–Kier alpha value is -3.68. The number of rotatable bonds is 52. The molecule has 79 heavy (non-hydrogen) atoms. The number of allylic oxidation sites excluding steroid dienone is 17. The standard InChI is InChI=1S/C68H115NO10/c1-4-7-10-13-16-19-22-25-26-27-28-29-30-31-32-33-34-35-38-40-43-46-49-52-55-61(72)67(76)69-59(60(71)54-51-48-45-42-39-36-23-20-17-14-11-8-5-2)58-77-68-66(65(75)64(74)62(57-70)78-68)79-63(73)56-53-50-47-44-41-37-24-21-18-15-12-9-6-3/h7,10,16,19,25-26,28-29,31-32,34-35,37,41,47,50-51,54,59-62,64-66,68,70-72,74-75H,4-6,8-9,11-15,17-18,20-24,27,30,33,36,38-40,42-46,48-49,52-53,55-58H2,1-3H3,(H,69,76)/b10-7-,19-16-,26-25-,29-28-,32-31-,35-34-,41-37-,50-47+,54-51+. The predicted octanol–water partition coefficient (Wildman–Crippen LogP) is 15.3. The molecule has 11 heteroatoms. The van der Waals surface area contributed by atoms with Crippen LogP contribution in [0.4, 0.5) is 0 Å². The number of aliphatic hydroxyl groups is 5. The summed E-state index contributed by atoms with van der Waals surface area (Å²) in [6.45, 7) is 5.62. The van der Waals surface area contributed by atoms with Crippen LogP contribution in [0.5, 0.6) is 0 Å². The van der Waals surface area contributed by atoms with Gasteiger partial charge in [0.15, 0.2) is 12.4 Å². The summed E-state index contributed by atoms with van der Waals surface area (Å²) in [6, 6.07) is -1.05. The van der Waals surface area contributed by atoms with E-state index in [1.54, 1.807) is 6.08 Å². The summed E-state index contributed by atoms with van der Waals surface area (Å²) in [6.07, 6.45) is 64.2. The van der Waals surface area contributed by atoms with Crippen LogP contribution in [0.3, 0.4) is 0 Å². The molecule has 1 fully saturated rings. The van der Waals surface area contributed by atoms with Crippen molar-refractivity contribution in [2.75, 3.05) is 13.2 Å². The minimum absolute atomic E-state index is 0.0109. The third-order valence-corrected chi connectivity index (χ3v) is 14.2. The lowest BCUT2D eigenvalue weighted by molar-refractivity contribution is -0.305. The zero-order chi connectivity index (χ0) is 57.5. The van der Waals surface area contributed by atoms with Gasteiger partial charge in [0.1, 0.15) is 24.4 Å². The molecule has 0 aromatic heterocycles. The molecule has 0 radical (unpaired) electrons. The van der Waals surface area contributed by atoms with Crippen LogP contribution in [0, 0.1) is 0 Å². The normalized spacial score (nSPS) is 19.6. The Balaban J connectivity index is 2.70. The highest BCUT2D eigenvalue weighted by atomic mass is 16.7. The maximum atomic E-state index is 13.4. The van der Waals surface area contributed by atoms with Crippen molar-refractivity contribution in [3.63, 3.8) is 0 Å². The molecule has 0 aromatic rings. The van der Waals surface area contributed by atoms with E-state index >= 15 is 0 Å². The average Bonchev–Trinajstić information content (AvgIpc) is 3.48. The number of nitrogens with one attached hydrogen (secondary N) is 1. The summed E-state index contributed by atoms with van der Waals surface area (Å²) in [4.78, 5) is 26.5. The quantitative estimate of drug-likeness (QED) is 0.0195. The molecule has 0 aromatic carbocycles.